The summed E-state index contributed by atoms with van der Waals surface area (Å²) in [6.45, 7) is 5.13. The molecule has 3 heterocycles. The normalized spacial score (nSPS) is 33.6. The molecule has 0 aliphatic carbocycles. The molecule has 2 amide bonds. The third kappa shape index (κ3) is 4.50. The number of ether oxygens (including phenoxy) is 2. The van der Waals surface area contributed by atoms with Crippen molar-refractivity contribution in [3.05, 3.63) is 0 Å². The Balaban J connectivity index is 1.86. The largest absolute Gasteiger partial charge is 0.466 e. The van der Waals surface area contributed by atoms with Crippen LogP contribution in [0.2, 0.25) is 0 Å². The van der Waals surface area contributed by atoms with E-state index in [1.165, 1.54) is 0 Å². The van der Waals surface area contributed by atoms with Gasteiger partial charge in [-0.15, -0.1) is 0 Å². The molecule has 9 heteroatoms. The highest BCUT2D eigenvalue weighted by Gasteiger charge is 2.76. The Kier molecular flexibility index (Phi) is 8.37. The van der Waals surface area contributed by atoms with Crippen molar-refractivity contribution in [2.24, 2.45) is 11.8 Å². The number of amides is 2. The minimum atomic E-state index is -1.01. The molecule has 0 radical (unpaired) electrons. The number of esters is 1. The summed E-state index contributed by atoms with van der Waals surface area (Å²) in [4.78, 5) is 41.1. The second kappa shape index (κ2) is 10.6. The van der Waals surface area contributed by atoms with Crippen LogP contribution < -0.4 is 5.32 Å². The van der Waals surface area contributed by atoms with Crippen LogP contribution in [0.15, 0.2) is 0 Å². The lowest BCUT2D eigenvalue weighted by molar-refractivity contribution is -0.154. The van der Waals surface area contributed by atoms with Crippen molar-refractivity contribution in [1.82, 2.24) is 10.2 Å². The van der Waals surface area contributed by atoms with E-state index in [0.717, 1.165) is 25.7 Å². The molecule has 0 aromatic rings. The van der Waals surface area contributed by atoms with Crippen LogP contribution in [0.3, 0.4) is 0 Å². The van der Waals surface area contributed by atoms with Crippen molar-refractivity contribution in [2.75, 3.05) is 26.3 Å². The van der Waals surface area contributed by atoms with Gasteiger partial charge in [0.05, 0.1) is 24.5 Å². The molecular weight excluding hydrogens is 468 g/mol. The first-order chi connectivity index (χ1) is 14.9. The maximum Gasteiger partial charge on any atom is 0.312 e. The van der Waals surface area contributed by atoms with Crippen molar-refractivity contribution in [3.63, 3.8) is 0 Å². The number of aliphatic hydroxyl groups is 1. The van der Waals surface area contributed by atoms with Crippen LogP contribution in [0.4, 0.5) is 0 Å². The number of carbonyl (C=O) groups excluding carboxylic acids is 3. The zero-order chi connectivity index (χ0) is 22.6. The number of fused-ring (bicyclic) bond motifs is 1. The average Bonchev–Trinajstić information content (AvgIpc) is 3.32. The number of nitrogens with one attached hydrogen (secondary N) is 1. The van der Waals surface area contributed by atoms with Crippen LogP contribution in [0.1, 0.15) is 58.8 Å². The van der Waals surface area contributed by atoms with E-state index in [4.69, 9.17) is 14.6 Å². The van der Waals surface area contributed by atoms with Gasteiger partial charge in [0.25, 0.3) is 0 Å². The number of hydrogen-bond donors (Lipinski definition) is 2. The molecule has 2 N–H and O–H groups in total. The van der Waals surface area contributed by atoms with E-state index < -0.39 is 35.6 Å². The molecule has 3 aliphatic rings. The van der Waals surface area contributed by atoms with Gasteiger partial charge in [0.15, 0.2) is 0 Å². The van der Waals surface area contributed by atoms with Crippen molar-refractivity contribution < 1.29 is 29.0 Å². The maximum absolute atomic E-state index is 13.5. The zero-order valence-corrected chi connectivity index (χ0v) is 20.1. The fourth-order valence-electron chi connectivity index (χ4n) is 5.43. The van der Waals surface area contributed by atoms with E-state index in [2.05, 4.69) is 28.2 Å². The topological polar surface area (TPSA) is 105 Å². The van der Waals surface area contributed by atoms with Crippen molar-refractivity contribution in [3.8, 4) is 0 Å². The van der Waals surface area contributed by atoms with Gasteiger partial charge in [-0.1, -0.05) is 35.7 Å². The zero-order valence-electron chi connectivity index (χ0n) is 18.5. The SMILES string of the molecule is CCCCCNC(=O)C1N(CCCCCO)C(=O)[C@@H]2[C@H](C(=O)OCC)[C@H]3OC12CC3Br. The Morgan fingerprint density at radius 1 is 1.26 bits per heavy atom. The Morgan fingerprint density at radius 3 is 2.71 bits per heavy atom. The third-order valence-electron chi connectivity index (χ3n) is 6.73. The predicted molar refractivity (Wildman–Crippen MR) is 118 cm³/mol. The van der Waals surface area contributed by atoms with Gasteiger partial charge in [0, 0.05) is 24.5 Å². The Labute approximate surface area is 192 Å². The van der Waals surface area contributed by atoms with Gasteiger partial charge in [0.1, 0.15) is 11.6 Å². The van der Waals surface area contributed by atoms with Crippen LogP contribution in [-0.2, 0) is 23.9 Å². The van der Waals surface area contributed by atoms with Gasteiger partial charge in [-0.2, -0.15) is 0 Å². The standard InChI is InChI=1S/C22H35BrN2O6/c1-3-5-7-10-24-19(27)18-22-13-14(23)17(31-22)15(21(29)30-4-2)16(22)20(28)25(18)11-8-6-9-12-26/h14-18,26H,3-13H2,1-2H3,(H,24,27)/t14?,15-,16-,17-,18?,22?/m0/s1. The molecular formula is C22H35BrN2O6. The number of carbonyl (C=O) groups is 3. The van der Waals surface area contributed by atoms with Crippen molar-refractivity contribution in [1.29, 1.82) is 0 Å². The highest BCUT2D eigenvalue weighted by molar-refractivity contribution is 9.09. The Bertz CT molecular complexity index is 676. The number of aliphatic hydroxyl groups excluding tert-OH is 1. The van der Waals surface area contributed by atoms with E-state index in [0.29, 0.717) is 32.4 Å². The average molecular weight is 503 g/mol. The van der Waals surface area contributed by atoms with Gasteiger partial charge in [-0.05, 0) is 39.0 Å². The van der Waals surface area contributed by atoms with Gasteiger partial charge < -0.3 is 24.8 Å². The predicted octanol–water partition coefficient (Wildman–Crippen LogP) is 1.77. The monoisotopic (exact) mass is 502 g/mol. The molecule has 0 aromatic carbocycles. The minimum Gasteiger partial charge on any atom is -0.466 e. The molecule has 0 saturated carbocycles. The van der Waals surface area contributed by atoms with Crippen LogP contribution in [-0.4, -0.2) is 76.7 Å². The summed E-state index contributed by atoms with van der Waals surface area (Å²) < 4.78 is 11.6. The molecule has 6 atom stereocenters. The molecule has 3 rings (SSSR count). The van der Waals surface area contributed by atoms with Crippen LogP contribution in [0, 0.1) is 11.8 Å². The number of unbranched alkanes of at least 4 members (excludes halogenated alkanes) is 4. The van der Waals surface area contributed by atoms with Gasteiger partial charge in [0.2, 0.25) is 11.8 Å². The molecule has 1 spiro atoms. The lowest BCUT2D eigenvalue weighted by Gasteiger charge is -2.34. The molecule has 0 aromatic heterocycles. The first-order valence-corrected chi connectivity index (χ1v) is 12.5. The van der Waals surface area contributed by atoms with Gasteiger partial charge in [-0.25, -0.2) is 0 Å². The fourth-order valence-corrected chi connectivity index (χ4v) is 6.38. The summed E-state index contributed by atoms with van der Waals surface area (Å²) in [5.41, 5.74) is -1.01. The molecule has 2 bridgehead atoms. The Morgan fingerprint density at radius 2 is 2.03 bits per heavy atom. The number of halogens is 1. The first kappa shape index (κ1) is 24.5. The number of hydrogen-bond acceptors (Lipinski definition) is 6. The highest BCUT2D eigenvalue weighted by atomic mass is 79.9. The van der Waals surface area contributed by atoms with Crippen molar-refractivity contribution in [2.45, 2.75) is 81.4 Å². The summed E-state index contributed by atoms with van der Waals surface area (Å²) >= 11 is 3.63. The summed E-state index contributed by atoms with van der Waals surface area (Å²) in [7, 11) is 0. The number of rotatable bonds is 12. The summed E-state index contributed by atoms with van der Waals surface area (Å²) in [5, 5.41) is 12.1. The number of alkyl halides is 1. The summed E-state index contributed by atoms with van der Waals surface area (Å²) in [6, 6.07) is -0.759. The quantitative estimate of drug-likeness (QED) is 0.239. The lowest BCUT2D eigenvalue weighted by Crippen LogP contribution is -2.56. The molecule has 176 valence electrons. The Hall–Kier alpha value is -1.19. The molecule has 31 heavy (non-hydrogen) atoms. The highest BCUT2D eigenvalue weighted by Crippen LogP contribution is 2.60. The van der Waals surface area contributed by atoms with E-state index >= 15 is 0 Å². The molecule has 3 aliphatic heterocycles. The lowest BCUT2D eigenvalue weighted by atomic mass is 9.70. The number of nitrogens with zero attached hydrogens (tertiary/aromatic N) is 1. The minimum absolute atomic E-state index is 0.100. The molecule has 3 unspecified atom stereocenters. The third-order valence-corrected chi connectivity index (χ3v) is 7.58. The van der Waals surface area contributed by atoms with Crippen LogP contribution in [0.25, 0.3) is 0 Å². The van der Waals surface area contributed by atoms with Crippen LogP contribution in [0.5, 0.6) is 0 Å². The number of likely N-dealkylation sites (tertiary alicyclic amines) is 1. The van der Waals surface area contributed by atoms with Gasteiger partial charge >= 0.3 is 5.97 Å². The van der Waals surface area contributed by atoms with Crippen LogP contribution >= 0.6 is 15.9 Å². The van der Waals surface area contributed by atoms with E-state index in [9.17, 15) is 14.4 Å². The maximum atomic E-state index is 13.5. The second-order valence-corrected chi connectivity index (χ2v) is 9.91. The van der Waals surface area contributed by atoms with E-state index in [1.54, 1.807) is 11.8 Å². The molecule has 3 saturated heterocycles. The molecule has 3 fully saturated rings. The first-order valence-electron chi connectivity index (χ1n) is 11.6. The molecule has 8 nitrogen and oxygen atoms in total. The summed E-state index contributed by atoms with van der Waals surface area (Å²) in [5.74, 6) is -2.24. The fraction of sp³-hybridized carbons (Fsp3) is 0.864. The van der Waals surface area contributed by atoms with Crippen molar-refractivity contribution >= 4 is 33.7 Å². The smallest absolute Gasteiger partial charge is 0.312 e. The van der Waals surface area contributed by atoms with Gasteiger partial charge in [-0.3, -0.25) is 14.4 Å². The second-order valence-electron chi connectivity index (χ2n) is 8.73. The summed E-state index contributed by atoms with van der Waals surface area (Å²) in [6.07, 6.45) is 5.08. The van der Waals surface area contributed by atoms with E-state index in [1.807, 2.05) is 0 Å². The van der Waals surface area contributed by atoms with E-state index in [-0.39, 0.29) is 29.9 Å².